The molecule has 0 fully saturated rings. The van der Waals surface area contributed by atoms with Crippen molar-refractivity contribution in [3.05, 3.63) is 101 Å². The van der Waals surface area contributed by atoms with Gasteiger partial charge in [0.05, 0.1) is 44.3 Å². The van der Waals surface area contributed by atoms with Crippen molar-refractivity contribution in [1.29, 1.82) is 0 Å². The van der Waals surface area contributed by atoms with E-state index in [4.69, 9.17) is 22.6 Å². The molecule has 0 N–H and O–H groups in total. The SMILES string of the molecule is [C-]#[N+]c1cc2c(cc1Cl)N(CC)C(=CC=Cc1oc3ccc(-c4ccccc4)cc3[n+]1CCCS(=O)(=O)[O-])N2CCCS(=O)(=O)[O-].[K+]. The second-order valence-corrected chi connectivity index (χ2v) is 14.0. The number of benzene rings is 3. The molecule has 1 aliphatic rings. The maximum absolute atomic E-state index is 11.3. The summed E-state index contributed by atoms with van der Waals surface area (Å²) in [6.45, 7) is 10.4. The third-order valence-corrected chi connectivity index (χ3v) is 9.37. The Morgan fingerprint density at radius 3 is 2.28 bits per heavy atom. The number of aryl methyl sites for hydroxylation is 1. The smallest absolute Gasteiger partial charge is 0.748 e. The number of rotatable bonds is 12. The van der Waals surface area contributed by atoms with Gasteiger partial charge in [0.2, 0.25) is 11.3 Å². The molecule has 0 radical (unpaired) electrons. The predicted molar refractivity (Wildman–Crippen MR) is 175 cm³/mol. The first-order chi connectivity index (χ1) is 21.9. The van der Waals surface area contributed by atoms with Crippen LogP contribution in [0.4, 0.5) is 17.1 Å². The molecule has 1 aromatic heterocycles. The first-order valence-corrected chi connectivity index (χ1v) is 17.9. The van der Waals surface area contributed by atoms with E-state index in [0.717, 1.165) is 22.3 Å². The molecule has 0 saturated carbocycles. The van der Waals surface area contributed by atoms with Crippen LogP contribution in [0.25, 0.3) is 33.1 Å². The summed E-state index contributed by atoms with van der Waals surface area (Å²) in [6, 6.07) is 18.8. The molecule has 0 saturated heterocycles. The van der Waals surface area contributed by atoms with Gasteiger partial charge in [0, 0.05) is 42.1 Å². The van der Waals surface area contributed by atoms with Crippen LogP contribution in [0.3, 0.4) is 0 Å². The van der Waals surface area contributed by atoms with Crippen molar-refractivity contribution in [3.8, 4) is 11.1 Å². The summed E-state index contributed by atoms with van der Waals surface area (Å²) in [5.41, 5.74) is 4.86. The Labute approximate surface area is 321 Å². The zero-order valence-electron chi connectivity index (χ0n) is 25.8. The van der Waals surface area contributed by atoms with Crippen LogP contribution in [-0.4, -0.2) is 50.5 Å². The first kappa shape index (κ1) is 37.3. The van der Waals surface area contributed by atoms with Gasteiger partial charge in [-0.05, 0) is 54.8 Å². The summed E-state index contributed by atoms with van der Waals surface area (Å²) in [7, 11) is -8.83. The van der Waals surface area contributed by atoms with Gasteiger partial charge in [-0.2, -0.15) is 4.57 Å². The Morgan fingerprint density at radius 2 is 1.62 bits per heavy atom. The fourth-order valence-electron chi connectivity index (χ4n) is 5.48. The summed E-state index contributed by atoms with van der Waals surface area (Å²) >= 11 is 6.37. The molecule has 3 aromatic carbocycles. The normalized spacial score (nSPS) is 14.1. The molecule has 11 nitrogen and oxygen atoms in total. The van der Waals surface area contributed by atoms with E-state index in [0.29, 0.717) is 29.5 Å². The number of hydrogen-bond donors (Lipinski definition) is 0. The fraction of sp³-hybridized carbons (Fsp3) is 0.250. The molecule has 15 heteroatoms. The number of nitrogens with zero attached hydrogens (tertiary/aromatic N) is 4. The molecular weight excluding hydrogens is 691 g/mol. The minimum Gasteiger partial charge on any atom is -0.748 e. The molecular formula is C32H30ClKN4O7S2. The molecule has 0 amide bonds. The van der Waals surface area contributed by atoms with Crippen molar-refractivity contribution in [2.24, 2.45) is 0 Å². The monoisotopic (exact) mass is 720 g/mol. The van der Waals surface area contributed by atoms with Crippen molar-refractivity contribution in [2.75, 3.05) is 34.4 Å². The quantitative estimate of drug-likeness (QED) is 0.0935. The van der Waals surface area contributed by atoms with Crippen molar-refractivity contribution in [3.63, 3.8) is 0 Å². The van der Waals surface area contributed by atoms with E-state index >= 15 is 0 Å². The minimum atomic E-state index is -4.42. The Bertz CT molecular complexity index is 2090. The Morgan fingerprint density at radius 1 is 0.936 bits per heavy atom. The van der Waals surface area contributed by atoms with E-state index < -0.39 is 31.7 Å². The molecule has 5 rings (SSSR count). The van der Waals surface area contributed by atoms with Gasteiger partial charge in [0.15, 0.2) is 6.54 Å². The van der Waals surface area contributed by atoms with Gasteiger partial charge in [0.1, 0.15) is 5.82 Å². The molecule has 0 atom stereocenters. The Hall–Kier alpha value is -2.55. The molecule has 47 heavy (non-hydrogen) atoms. The number of allylic oxidation sites excluding steroid dienone is 2. The van der Waals surface area contributed by atoms with E-state index in [-0.39, 0.29) is 88.0 Å². The van der Waals surface area contributed by atoms with Gasteiger partial charge in [-0.25, -0.2) is 21.7 Å². The van der Waals surface area contributed by atoms with Crippen LogP contribution >= 0.6 is 11.6 Å². The topological polar surface area (TPSA) is 142 Å². The van der Waals surface area contributed by atoms with Gasteiger partial charge in [0.25, 0.3) is 5.52 Å². The molecule has 0 spiro atoms. The standard InChI is InChI=1S/C32H31ClN4O7S2.K/c1-3-35-27-21-25(33)26(34-2)22-28(27)36(16-8-18-45(38,39)40)31(35)12-7-13-32-37(17-9-19-46(41,42)43)29-20-24(14-15-30(29)44-32)23-10-5-4-6-11-23;/h4-7,10-15,20-22H,3,8-9,16-19H2,1H3,(H-,38,39,40,41,42,43);/q;+1/p-1. The Balaban J connectivity index is 0.00000500. The van der Waals surface area contributed by atoms with Crippen LogP contribution in [0.2, 0.25) is 5.02 Å². The average molecular weight is 721 g/mol. The number of aromatic nitrogens is 1. The summed E-state index contributed by atoms with van der Waals surface area (Å²) in [6.07, 6.45) is 5.42. The van der Waals surface area contributed by atoms with Crippen LogP contribution in [0, 0.1) is 6.57 Å². The fourth-order valence-corrected chi connectivity index (χ4v) is 6.64. The number of anilines is 2. The van der Waals surface area contributed by atoms with Gasteiger partial charge >= 0.3 is 57.3 Å². The van der Waals surface area contributed by atoms with Crippen molar-refractivity contribution in [1.82, 2.24) is 0 Å². The van der Waals surface area contributed by atoms with Crippen LogP contribution < -0.4 is 65.8 Å². The zero-order chi connectivity index (χ0) is 33.1. The second-order valence-electron chi connectivity index (χ2n) is 10.6. The van der Waals surface area contributed by atoms with E-state index in [1.165, 1.54) is 0 Å². The molecule has 4 aromatic rings. The second kappa shape index (κ2) is 15.8. The van der Waals surface area contributed by atoms with Gasteiger partial charge < -0.3 is 23.3 Å². The minimum absolute atomic E-state index is 0. The number of fused-ring (bicyclic) bond motifs is 2. The van der Waals surface area contributed by atoms with Crippen LogP contribution in [0.1, 0.15) is 25.7 Å². The largest absolute Gasteiger partial charge is 1.00 e. The molecule has 2 heterocycles. The van der Waals surface area contributed by atoms with Crippen LogP contribution in [0.15, 0.2) is 83.1 Å². The van der Waals surface area contributed by atoms with Crippen molar-refractivity contribution in [2.45, 2.75) is 26.3 Å². The molecule has 0 bridgehead atoms. The number of halogens is 1. The summed E-state index contributed by atoms with van der Waals surface area (Å²) in [5, 5.41) is 0.282. The summed E-state index contributed by atoms with van der Waals surface area (Å²) in [4.78, 5) is 7.30. The first-order valence-electron chi connectivity index (χ1n) is 14.4. The van der Waals surface area contributed by atoms with Crippen LogP contribution in [0.5, 0.6) is 0 Å². The maximum Gasteiger partial charge on any atom is 1.00 e. The predicted octanol–water partition coefficient (Wildman–Crippen LogP) is 2.67. The molecule has 0 aliphatic carbocycles. The zero-order valence-corrected chi connectivity index (χ0v) is 31.3. The number of hydrogen-bond acceptors (Lipinski definition) is 9. The van der Waals surface area contributed by atoms with Crippen molar-refractivity contribution < 1.29 is 86.3 Å². The summed E-state index contributed by atoms with van der Waals surface area (Å²) in [5.74, 6) is 0.0221. The van der Waals surface area contributed by atoms with Gasteiger partial charge in [-0.3, -0.25) is 0 Å². The maximum atomic E-state index is 11.3. The Kier molecular flexibility index (Phi) is 12.5. The third kappa shape index (κ3) is 9.12. The molecule has 1 aliphatic heterocycles. The van der Waals surface area contributed by atoms with E-state index in [9.17, 15) is 25.9 Å². The van der Waals surface area contributed by atoms with E-state index in [2.05, 4.69) is 4.85 Å². The third-order valence-electron chi connectivity index (χ3n) is 7.49. The molecule has 0 unspecified atom stereocenters. The van der Waals surface area contributed by atoms with Crippen LogP contribution in [-0.2, 0) is 26.8 Å². The van der Waals surface area contributed by atoms with Gasteiger partial charge in [-0.1, -0.05) is 48.0 Å². The van der Waals surface area contributed by atoms with E-state index in [1.54, 1.807) is 30.4 Å². The van der Waals surface area contributed by atoms with Crippen molar-refractivity contribution >= 4 is 66.1 Å². The molecule has 240 valence electrons. The average Bonchev–Trinajstić information content (AvgIpc) is 3.49. The summed E-state index contributed by atoms with van der Waals surface area (Å²) < 4.78 is 76.0. The number of oxazole rings is 1. The van der Waals surface area contributed by atoms with E-state index in [1.807, 2.05) is 69.8 Å². The van der Waals surface area contributed by atoms with Gasteiger partial charge in [-0.15, -0.1) is 0 Å².